The van der Waals surface area contributed by atoms with Gasteiger partial charge in [-0.1, -0.05) is 37.7 Å². The first kappa shape index (κ1) is 17.8. The molecule has 0 radical (unpaired) electrons. The molecule has 3 nitrogen and oxygen atoms in total. The molecule has 0 heterocycles. The van der Waals surface area contributed by atoms with Crippen LogP contribution in [0.2, 0.25) is 19.6 Å². The zero-order valence-corrected chi connectivity index (χ0v) is 15.6. The summed E-state index contributed by atoms with van der Waals surface area (Å²) in [6.45, 7) is 6.96. The average molecular weight is 338 g/mol. The highest BCUT2D eigenvalue weighted by Gasteiger charge is 2.08. The van der Waals surface area contributed by atoms with Gasteiger partial charge in [0.05, 0.1) is 12.7 Å². The maximum Gasteiger partial charge on any atom is 0.153 e. The Labute approximate surface area is 144 Å². The third-order valence-corrected chi connectivity index (χ3v) is 4.15. The largest absolute Gasteiger partial charge is 0.497 e. The molecule has 0 aliphatic carbocycles. The van der Waals surface area contributed by atoms with Gasteiger partial charge in [-0.05, 0) is 35.9 Å². The van der Waals surface area contributed by atoms with Gasteiger partial charge in [-0.3, -0.25) is 4.79 Å². The summed E-state index contributed by atoms with van der Waals surface area (Å²) in [5.41, 5.74) is 5.67. The molecule has 0 aromatic heterocycles. The SMILES string of the molecule is COc1ccc(COc2ccc(C#C[Si](C)(C)C)cc2C=O)cc1. The lowest BCUT2D eigenvalue weighted by atomic mass is 10.1. The fourth-order valence-electron chi connectivity index (χ4n) is 1.99. The molecule has 124 valence electrons. The highest BCUT2D eigenvalue weighted by atomic mass is 28.3. The molecule has 0 fully saturated rings. The van der Waals surface area contributed by atoms with Crippen molar-refractivity contribution in [1.29, 1.82) is 0 Å². The molecule has 0 unspecified atom stereocenters. The third kappa shape index (κ3) is 5.29. The molecule has 0 N–H and O–H groups in total. The number of methoxy groups -OCH3 is 1. The first-order chi connectivity index (χ1) is 11.4. The van der Waals surface area contributed by atoms with Gasteiger partial charge >= 0.3 is 0 Å². The Morgan fingerprint density at radius 1 is 1.08 bits per heavy atom. The maximum atomic E-state index is 11.3. The van der Waals surface area contributed by atoms with Crippen molar-refractivity contribution < 1.29 is 14.3 Å². The Morgan fingerprint density at radius 3 is 2.38 bits per heavy atom. The van der Waals surface area contributed by atoms with Crippen LogP contribution in [0.15, 0.2) is 42.5 Å². The molecule has 2 aromatic rings. The Kier molecular flexibility index (Phi) is 5.83. The first-order valence-corrected chi connectivity index (χ1v) is 11.3. The second-order valence-electron chi connectivity index (χ2n) is 6.51. The summed E-state index contributed by atoms with van der Waals surface area (Å²) in [5, 5.41) is 0. The Balaban J connectivity index is 2.12. The minimum Gasteiger partial charge on any atom is -0.497 e. The van der Waals surface area contributed by atoms with Gasteiger partial charge in [-0.2, -0.15) is 0 Å². The lowest BCUT2D eigenvalue weighted by molar-refractivity contribution is 0.111. The average Bonchev–Trinajstić information content (AvgIpc) is 2.58. The lowest BCUT2D eigenvalue weighted by Gasteiger charge is -2.10. The summed E-state index contributed by atoms with van der Waals surface area (Å²) >= 11 is 0. The van der Waals surface area contributed by atoms with E-state index in [1.54, 1.807) is 13.2 Å². The highest BCUT2D eigenvalue weighted by Crippen LogP contribution is 2.20. The zero-order valence-electron chi connectivity index (χ0n) is 14.6. The molecule has 0 aliphatic rings. The van der Waals surface area contributed by atoms with Gasteiger partial charge in [0.1, 0.15) is 26.2 Å². The van der Waals surface area contributed by atoms with Gasteiger partial charge < -0.3 is 9.47 Å². The number of carbonyl (C=O) groups excluding carboxylic acids is 1. The lowest BCUT2D eigenvalue weighted by Crippen LogP contribution is -2.16. The van der Waals surface area contributed by atoms with Crippen molar-refractivity contribution in [2.75, 3.05) is 7.11 Å². The van der Waals surface area contributed by atoms with Crippen molar-refractivity contribution in [3.05, 3.63) is 59.2 Å². The summed E-state index contributed by atoms with van der Waals surface area (Å²) in [6.07, 6.45) is 0.809. The highest BCUT2D eigenvalue weighted by molar-refractivity contribution is 6.83. The summed E-state index contributed by atoms with van der Waals surface area (Å²) in [7, 11) is 0.194. The summed E-state index contributed by atoms with van der Waals surface area (Å²) in [4.78, 5) is 11.3. The smallest absolute Gasteiger partial charge is 0.153 e. The van der Waals surface area contributed by atoms with Crippen LogP contribution >= 0.6 is 0 Å². The van der Waals surface area contributed by atoms with E-state index in [-0.39, 0.29) is 0 Å². The van der Waals surface area contributed by atoms with Crippen LogP contribution in [0.25, 0.3) is 0 Å². The maximum absolute atomic E-state index is 11.3. The van der Waals surface area contributed by atoms with Crippen LogP contribution in [0.4, 0.5) is 0 Å². The number of ether oxygens (including phenoxy) is 2. The molecule has 2 aromatic carbocycles. The van der Waals surface area contributed by atoms with Gasteiger partial charge in [0.25, 0.3) is 0 Å². The van der Waals surface area contributed by atoms with Crippen LogP contribution in [-0.2, 0) is 6.61 Å². The third-order valence-electron chi connectivity index (χ3n) is 3.27. The fourth-order valence-corrected chi connectivity index (χ4v) is 2.51. The Morgan fingerprint density at radius 2 is 1.79 bits per heavy atom. The first-order valence-electron chi connectivity index (χ1n) is 7.79. The normalized spacial score (nSPS) is 10.5. The molecule has 4 heteroatoms. The van der Waals surface area contributed by atoms with Gasteiger partial charge in [0.15, 0.2) is 6.29 Å². The van der Waals surface area contributed by atoms with Gasteiger partial charge in [0, 0.05) is 5.56 Å². The predicted octanol–water partition coefficient (Wildman–Crippen LogP) is 4.32. The summed E-state index contributed by atoms with van der Waals surface area (Å²) in [6, 6.07) is 13.1. The Bertz CT molecular complexity index is 762. The molecular formula is C20H22O3Si. The topological polar surface area (TPSA) is 35.5 Å². The number of carbonyl (C=O) groups is 1. The minimum absolute atomic E-state index is 0.394. The molecule has 0 spiro atoms. The van der Waals surface area contributed by atoms with E-state index in [4.69, 9.17) is 9.47 Å². The van der Waals surface area contributed by atoms with E-state index in [2.05, 4.69) is 31.1 Å². The van der Waals surface area contributed by atoms with Crippen LogP contribution in [-0.4, -0.2) is 21.5 Å². The van der Waals surface area contributed by atoms with Crippen molar-refractivity contribution in [2.24, 2.45) is 0 Å². The molecule has 0 atom stereocenters. The molecule has 0 aliphatic heterocycles. The monoisotopic (exact) mass is 338 g/mol. The van der Waals surface area contributed by atoms with Crippen molar-refractivity contribution in [3.63, 3.8) is 0 Å². The second-order valence-corrected chi connectivity index (χ2v) is 11.3. The van der Waals surface area contributed by atoms with E-state index >= 15 is 0 Å². The zero-order chi connectivity index (χ0) is 17.6. The van der Waals surface area contributed by atoms with Gasteiger partial charge in [-0.15, -0.1) is 5.54 Å². The Hall–Kier alpha value is -2.51. The van der Waals surface area contributed by atoms with Crippen LogP contribution in [0, 0.1) is 11.5 Å². The molecular weight excluding hydrogens is 316 g/mol. The minimum atomic E-state index is -1.44. The van der Waals surface area contributed by atoms with Crippen molar-refractivity contribution >= 4 is 14.4 Å². The molecule has 2 rings (SSSR count). The second kappa shape index (κ2) is 7.85. The van der Waals surface area contributed by atoms with Crippen molar-refractivity contribution in [2.45, 2.75) is 26.2 Å². The van der Waals surface area contributed by atoms with E-state index in [1.165, 1.54) is 0 Å². The number of hydrogen-bond acceptors (Lipinski definition) is 3. The van der Waals surface area contributed by atoms with E-state index in [0.29, 0.717) is 17.9 Å². The van der Waals surface area contributed by atoms with E-state index in [0.717, 1.165) is 23.2 Å². The van der Waals surface area contributed by atoms with E-state index in [9.17, 15) is 4.79 Å². The standard InChI is InChI=1S/C20H22O3Si/c1-22-19-8-5-17(6-9-19)15-23-20-10-7-16(13-18(20)14-21)11-12-24(2,3)4/h5-10,13-14H,15H2,1-4H3. The van der Waals surface area contributed by atoms with E-state index in [1.807, 2.05) is 36.4 Å². The van der Waals surface area contributed by atoms with Crippen molar-refractivity contribution in [3.8, 4) is 23.0 Å². The number of aldehydes is 1. The predicted molar refractivity (Wildman–Crippen MR) is 99.4 cm³/mol. The van der Waals surface area contributed by atoms with Gasteiger partial charge in [0.2, 0.25) is 0 Å². The molecule has 0 bridgehead atoms. The molecule has 24 heavy (non-hydrogen) atoms. The van der Waals surface area contributed by atoms with Crippen LogP contribution < -0.4 is 9.47 Å². The van der Waals surface area contributed by atoms with Crippen molar-refractivity contribution in [1.82, 2.24) is 0 Å². The fraction of sp³-hybridized carbons (Fsp3) is 0.250. The number of benzene rings is 2. The quantitative estimate of drug-likeness (QED) is 0.463. The van der Waals surface area contributed by atoms with Crippen LogP contribution in [0.3, 0.4) is 0 Å². The summed E-state index contributed by atoms with van der Waals surface area (Å²) in [5.74, 6) is 4.53. The number of rotatable bonds is 5. The van der Waals surface area contributed by atoms with Crippen LogP contribution in [0.1, 0.15) is 21.5 Å². The van der Waals surface area contributed by atoms with Gasteiger partial charge in [-0.25, -0.2) is 0 Å². The number of hydrogen-bond donors (Lipinski definition) is 0. The molecule has 0 amide bonds. The molecule has 0 saturated carbocycles. The van der Waals surface area contributed by atoms with E-state index < -0.39 is 8.07 Å². The summed E-state index contributed by atoms with van der Waals surface area (Å²) < 4.78 is 10.9. The van der Waals surface area contributed by atoms with Crippen LogP contribution in [0.5, 0.6) is 11.5 Å². The molecule has 0 saturated heterocycles.